The van der Waals surface area contributed by atoms with Crippen molar-refractivity contribution < 1.29 is 27.1 Å². The van der Waals surface area contributed by atoms with Crippen LogP contribution in [0, 0.1) is 5.82 Å². The van der Waals surface area contributed by atoms with Gasteiger partial charge in [-0.25, -0.2) is 12.8 Å². The lowest BCUT2D eigenvalue weighted by molar-refractivity contribution is -0.119. The summed E-state index contributed by atoms with van der Waals surface area (Å²) in [5, 5.41) is 2.81. The molecule has 0 radical (unpaired) electrons. The van der Waals surface area contributed by atoms with Gasteiger partial charge in [0.15, 0.2) is 0 Å². The summed E-state index contributed by atoms with van der Waals surface area (Å²) in [6, 6.07) is 18.8. The van der Waals surface area contributed by atoms with Crippen molar-refractivity contribution in [1.29, 1.82) is 0 Å². The van der Waals surface area contributed by atoms with Crippen molar-refractivity contribution in [2.75, 3.05) is 44.3 Å². The topological polar surface area (TPSA) is 88.2 Å². The molecule has 0 saturated carbocycles. The Morgan fingerprint density at radius 1 is 1.03 bits per heavy atom. The van der Waals surface area contributed by atoms with Crippen LogP contribution in [0.4, 0.5) is 10.1 Å². The largest absolute Gasteiger partial charge is 0.497 e. The first-order valence-corrected chi connectivity index (χ1v) is 13.4. The molecule has 196 valence electrons. The molecule has 0 atom stereocenters. The molecule has 1 aliphatic heterocycles. The highest BCUT2D eigenvalue weighted by atomic mass is 32.2. The van der Waals surface area contributed by atoms with Crippen molar-refractivity contribution >= 4 is 21.6 Å². The minimum Gasteiger partial charge on any atom is -0.497 e. The zero-order chi connectivity index (χ0) is 26.3. The van der Waals surface area contributed by atoms with Crippen molar-refractivity contribution in [2.24, 2.45) is 0 Å². The Balaban J connectivity index is 1.46. The lowest BCUT2D eigenvalue weighted by Gasteiger charge is -2.26. The van der Waals surface area contributed by atoms with Crippen molar-refractivity contribution in [3.05, 3.63) is 89.7 Å². The van der Waals surface area contributed by atoms with Crippen LogP contribution in [0.5, 0.6) is 5.75 Å². The van der Waals surface area contributed by atoms with Gasteiger partial charge >= 0.3 is 0 Å². The molecule has 0 aromatic heterocycles. The van der Waals surface area contributed by atoms with Gasteiger partial charge in [0.2, 0.25) is 5.91 Å². The number of methoxy groups -OCH3 is 1. The third kappa shape index (κ3) is 7.06. The molecule has 1 amide bonds. The molecule has 3 aromatic rings. The molecule has 0 spiro atoms. The monoisotopic (exact) mass is 527 g/mol. The molecule has 1 saturated heterocycles. The second kappa shape index (κ2) is 12.2. The van der Waals surface area contributed by atoms with Crippen LogP contribution in [0.1, 0.15) is 11.1 Å². The number of hydrogen-bond donors (Lipinski definition) is 1. The SMILES string of the molecule is COc1ccc(S(=O)(=O)N(CC(=O)NCc2cccc(CN3CCOCC3)c2)c2ccc(F)cc2)cc1. The number of ether oxygens (including phenoxy) is 2. The van der Waals surface area contributed by atoms with E-state index in [0.717, 1.165) is 60.4 Å². The van der Waals surface area contributed by atoms with E-state index in [1.807, 2.05) is 24.3 Å². The number of nitrogens with zero attached hydrogens (tertiary/aromatic N) is 2. The molecule has 4 rings (SSSR count). The summed E-state index contributed by atoms with van der Waals surface area (Å²) in [6.45, 7) is 3.78. The number of benzene rings is 3. The molecule has 0 bridgehead atoms. The van der Waals surface area contributed by atoms with E-state index < -0.39 is 28.3 Å². The van der Waals surface area contributed by atoms with Gasteiger partial charge in [-0.15, -0.1) is 0 Å². The maximum absolute atomic E-state index is 13.5. The fourth-order valence-electron chi connectivity index (χ4n) is 4.04. The number of rotatable bonds is 10. The van der Waals surface area contributed by atoms with Crippen LogP contribution in [-0.4, -0.2) is 59.2 Å². The summed E-state index contributed by atoms with van der Waals surface area (Å²) in [5.41, 5.74) is 2.22. The van der Waals surface area contributed by atoms with Gasteiger partial charge in [-0.05, 0) is 59.7 Å². The predicted octanol–water partition coefficient (Wildman–Crippen LogP) is 3.18. The van der Waals surface area contributed by atoms with Crippen molar-refractivity contribution in [3.63, 3.8) is 0 Å². The lowest BCUT2D eigenvalue weighted by atomic mass is 10.1. The standard InChI is InChI=1S/C27H30FN3O5S/c1-35-25-9-11-26(12-10-25)37(33,34)31(24-7-5-23(28)6-8-24)20-27(32)29-18-21-3-2-4-22(17-21)19-30-13-15-36-16-14-30/h2-12,17H,13-16,18-20H2,1H3,(H,29,32). The molecule has 1 aliphatic rings. The van der Waals surface area contributed by atoms with E-state index in [-0.39, 0.29) is 17.1 Å². The van der Waals surface area contributed by atoms with Crippen molar-refractivity contribution in [3.8, 4) is 5.75 Å². The van der Waals surface area contributed by atoms with Crippen LogP contribution >= 0.6 is 0 Å². The van der Waals surface area contributed by atoms with E-state index in [9.17, 15) is 17.6 Å². The molecule has 1 N–H and O–H groups in total. The quantitative estimate of drug-likeness (QED) is 0.436. The predicted molar refractivity (Wildman–Crippen MR) is 138 cm³/mol. The molecule has 0 aliphatic carbocycles. The molecule has 37 heavy (non-hydrogen) atoms. The minimum absolute atomic E-state index is 0.0127. The Morgan fingerprint density at radius 2 is 1.70 bits per heavy atom. The van der Waals surface area contributed by atoms with Gasteiger partial charge in [0.25, 0.3) is 10.0 Å². The fraction of sp³-hybridized carbons (Fsp3) is 0.296. The van der Waals surface area contributed by atoms with Gasteiger partial charge in [-0.1, -0.05) is 24.3 Å². The summed E-state index contributed by atoms with van der Waals surface area (Å²) in [7, 11) is -2.63. The summed E-state index contributed by atoms with van der Waals surface area (Å²) in [4.78, 5) is 15.2. The number of halogens is 1. The molecular formula is C27H30FN3O5S. The van der Waals surface area contributed by atoms with Gasteiger partial charge in [0.05, 0.1) is 30.9 Å². The highest BCUT2D eigenvalue weighted by Gasteiger charge is 2.27. The first kappa shape index (κ1) is 26.6. The number of nitrogens with one attached hydrogen (secondary N) is 1. The average molecular weight is 528 g/mol. The van der Waals surface area contributed by atoms with Crippen LogP contribution < -0.4 is 14.4 Å². The van der Waals surface area contributed by atoms with Gasteiger partial charge in [-0.2, -0.15) is 0 Å². The summed E-state index contributed by atoms with van der Waals surface area (Å²) < 4.78 is 51.9. The molecule has 3 aromatic carbocycles. The first-order valence-electron chi connectivity index (χ1n) is 11.9. The van der Waals surface area contributed by atoms with E-state index >= 15 is 0 Å². The first-order chi connectivity index (χ1) is 17.8. The summed E-state index contributed by atoms with van der Waals surface area (Å²) in [6.07, 6.45) is 0. The number of morpholine rings is 1. The molecular weight excluding hydrogens is 497 g/mol. The molecule has 10 heteroatoms. The molecule has 0 unspecified atom stereocenters. The molecule has 1 fully saturated rings. The Morgan fingerprint density at radius 3 is 2.38 bits per heavy atom. The van der Waals surface area contributed by atoms with E-state index in [1.54, 1.807) is 0 Å². The van der Waals surface area contributed by atoms with E-state index in [1.165, 1.54) is 43.5 Å². The number of sulfonamides is 1. The maximum atomic E-state index is 13.5. The average Bonchev–Trinajstić information content (AvgIpc) is 2.92. The summed E-state index contributed by atoms with van der Waals surface area (Å²) >= 11 is 0. The second-order valence-corrected chi connectivity index (χ2v) is 10.5. The van der Waals surface area contributed by atoms with Crippen LogP contribution in [0.25, 0.3) is 0 Å². The summed E-state index contributed by atoms with van der Waals surface area (Å²) in [5.74, 6) is -0.493. The van der Waals surface area contributed by atoms with E-state index in [4.69, 9.17) is 9.47 Å². The smallest absolute Gasteiger partial charge is 0.264 e. The van der Waals surface area contributed by atoms with Crippen molar-refractivity contribution in [2.45, 2.75) is 18.0 Å². The van der Waals surface area contributed by atoms with E-state index in [2.05, 4.69) is 10.2 Å². The zero-order valence-electron chi connectivity index (χ0n) is 20.6. The Labute approximate surface area is 216 Å². The third-order valence-corrected chi connectivity index (χ3v) is 7.83. The second-order valence-electron chi connectivity index (χ2n) is 8.65. The fourth-order valence-corrected chi connectivity index (χ4v) is 5.46. The van der Waals surface area contributed by atoms with Crippen LogP contribution in [0.2, 0.25) is 0 Å². The van der Waals surface area contributed by atoms with Gasteiger partial charge < -0.3 is 14.8 Å². The van der Waals surface area contributed by atoms with Gasteiger partial charge in [-0.3, -0.25) is 14.0 Å². The number of hydrogen-bond acceptors (Lipinski definition) is 6. The number of anilines is 1. The lowest BCUT2D eigenvalue weighted by Crippen LogP contribution is -2.40. The Bertz CT molecular complexity index is 1290. The van der Waals surface area contributed by atoms with Crippen LogP contribution in [0.15, 0.2) is 77.7 Å². The Hall–Kier alpha value is -3.47. The third-order valence-electron chi connectivity index (χ3n) is 6.04. The number of carbonyl (C=O) groups excluding carboxylic acids is 1. The normalized spacial score (nSPS) is 14.2. The zero-order valence-corrected chi connectivity index (χ0v) is 21.4. The molecule has 8 nitrogen and oxygen atoms in total. The number of amides is 1. The van der Waals surface area contributed by atoms with E-state index in [0.29, 0.717) is 5.75 Å². The van der Waals surface area contributed by atoms with Crippen molar-refractivity contribution in [1.82, 2.24) is 10.2 Å². The van der Waals surface area contributed by atoms with Gasteiger partial charge in [0.1, 0.15) is 18.1 Å². The minimum atomic E-state index is -4.11. The highest BCUT2D eigenvalue weighted by Crippen LogP contribution is 2.25. The Kier molecular flexibility index (Phi) is 8.75. The highest BCUT2D eigenvalue weighted by molar-refractivity contribution is 7.92. The van der Waals surface area contributed by atoms with Gasteiger partial charge in [0, 0.05) is 26.2 Å². The van der Waals surface area contributed by atoms with Crippen LogP contribution in [-0.2, 0) is 32.6 Å². The van der Waals surface area contributed by atoms with Crippen LogP contribution in [0.3, 0.4) is 0 Å². The maximum Gasteiger partial charge on any atom is 0.264 e. The number of carbonyl (C=O) groups is 1. The molecule has 1 heterocycles.